The lowest BCUT2D eigenvalue weighted by Crippen LogP contribution is -2.35. The number of sulfonamides is 1. The van der Waals surface area contributed by atoms with Crippen LogP contribution in [0.3, 0.4) is 0 Å². The second kappa shape index (κ2) is 7.31. The smallest absolute Gasteiger partial charge is 0.216 e. The third kappa shape index (κ3) is 5.51. The van der Waals surface area contributed by atoms with Gasteiger partial charge in [-0.2, -0.15) is 0 Å². The van der Waals surface area contributed by atoms with Crippen molar-refractivity contribution < 1.29 is 8.42 Å². The minimum atomic E-state index is -3.35. The molecular weight excluding hydrogens is 312 g/mol. The summed E-state index contributed by atoms with van der Waals surface area (Å²) in [6.07, 6.45) is 2.31. The van der Waals surface area contributed by atoms with Crippen LogP contribution < -0.4 is 10.5 Å². The number of hydrogen-bond acceptors (Lipinski definition) is 3. The van der Waals surface area contributed by atoms with Crippen LogP contribution in [0.4, 0.5) is 0 Å². The van der Waals surface area contributed by atoms with Crippen LogP contribution in [0.2, 0.25) is 0 Å². The molecule has 1 aromatic carbocycles. The SMILES string of the molecule is CC(C)NS(=O)(=O)Cc1ccccc1CN=C(N)N(C)C1CC1. The predicted molar refractivity (Wildman–Crippen MR) is 93.4 cm³/mol. The van der Waals surface area contributed by atoms with Crippen LogP contribution in [-0.2, 0) is 22.3 Å². The number of rotatable bonds is 7. The number of aliphatic imine (C=N–C) groups is 1. The standard InChI is InChI=1S/C16H26N4O2S/c1-12(2)19-23(21,22)11-14-7-5-4-6-13(14)10-18-16(17)20(3)15-8-9-15/h4-7,12,15,19H,8-11H2,1-3H3,(H2,17,18). The van der Waals surface area contributed by atoms with E-state index >= 15 is 0 Å². The quantitative estimate of drug-likeness (QED) is 0.581. The fourth-order valence-electron chi connectivity index (χ4n) is 2.38. The van der Waals surface area contributed by atoms with Gasteiger partial charge in [0.25, 0.3) is 0 Å². The van der Waals surface area contributed by atoms with Crippen LogP contribution >= 0.6 is 0 Å². The summed E-state index contributed by atoms with van der Waals surface area (Å²) in [5, 5.41) is 0. The molecule has 23 heavy (non-hydrogen) atoms. The molecule has 1 aliphatic carbocycles. The Labute approximate surface area is 138 Å². The maximum absolute atomic E-state index is 12.1. The van der Waals surface area contributed by atoms with Crippen LogP contribution in [0.1, 0.15) is 37.8 Å². The average Bonchev–Trinajstić information content (AvgIpc) is 3.28. The van der Waals surface area contributed by atoms with E-state index in [4.69, 9.17) is 5.73 Å². The summed E-state index contributed by atoms with van der Waals surface area (Å²) in [7, 11) is -1.41. The van der Waals surface area contributed by atoms with Gasteiger partial charge in [-0.25, -0.2) is 18.1 Å². The maximum Gasteiger partial charge on any atom is 0.216 e. The van der Waals surface area contributed by atoms with Gasteiger partial charge in [-0.05, 0) is 37.8 Å². The van der Waals surface area contributed by atoms with Gasteiger partial charge in [0.15, 0.2) is 5.96 Å². The minimum absolute atomic E-state index is 0.0464. The van der Waals surface area contributed by atoms with Crippen molar-refractivity contribution in [3.63, 3.8) is 0 Å². The summed E-state index contributed by atoms with van der Waals surface area (Å²) in [5.74, 6) is 0.459. The van der Waals surface area contributed by atoms with Gasteiger partial charge in [0.2, 0.25) is 10.0 Å². The molecular formula is C16H26N4O2S. The first-order chi connectivity index (χ1) is 10.8. The van der Waals surface area contributed by atoms with Gasteiger partial charge in [0, 0.05) is 19.1 Å². The third-order valence-corrected chi connectivity index (χ3v) is 5.27. The molecule has 2 rings (SSSR count). The highest BCUT2D eigenvalue weighted by atomic mass is 32.2. The molecule has 128 valence electrons. The Hall–Kier alpha value is -1.60. The minimum Gasteiger partial charge on any atom is -0.370 e. The molecule has 0 aliphatic heterocycles. The number of guanidine groups is 1. The van der Waals surface area contributed by atoms with Crippen LogP contribution in [0.5, 0.6) is 0 Å². The maximum atomic E-state index is 12.1. The average molecular weight is 338 g/mol. The lowest BCUT2D eigenvalue weighted by atomic mass is 10.1. The first-order valence-electron chi connectivity index (χ1n) is 7.88. The molecule has 0 radical (unpaired) electrons. The molecule has 1 saturated carbocycles. The summed E-state index contributed by atoms with van der Waals surface area (Å²) in [6, 6.07) is 7.84. The fourth-order valence-corrected chi connectivity index (χ4v) is 3.88. The summed E-state index contributed by atoms with van der Waals surface area (Å²) >= 11 is 0. The molecule has 1 aromatic rings. The Morgan fingerprint density at radius 2 is 1.96 bits per heavy atom. The van der Waals surface area contributed by atoms with Gasteiger partial charge in [0.05, 0.1) is 12.3 Å². The number of nitrogens with two attached hydrogens (primary N) is 1. The van der Waals surface area contributed by atoms with Crippen LogP contribution in [0.25, 0.3) is 0 Å². The van der Waals surface area contributed by atoms with Crippen molar-refractivity contribution in [1.29, 1.82) is 0 Å². The largest absolute Gasteiger partial charge is 0.370 e. The van der Waals surface area contributed by atoms with E-state index in [1.807, 2.05) is 50.1 Å². The molecule has 0 amide bonds. The molecule has 0 heterocycles. The fraction of sp³-hybridized carbons (Fsp3) is 0.562. The predicted octanol–water partition coefficient (Wildman–Crippen LogP) is 1.42. The molecule has 1 fully saturated rings. The van der Waals surface area contributed by atoms with Gasteiger partial charge in [-0.1, -0.05) is 24.3 Å². The zero-order valence-electron chi connectivity index (χ0n) is 14.0. The van der Waals surface area contributed by atoms with Crippen molar-refractivity contribution in [1.82, 2.24) is 9.62 Å². The van der Waals surface area contributed by atoms with E-state index in [1.54, 1.807) is 0 Å². The third-order valence-electron chi connectivity index (χ3n) is 3.75. The highest BCUT2D eigenvalue weighted by molar-refractivity contribution is 7.88. The van der Waals surface area contributed by atoms with Crippen LogP contribution in [0, 0.1) is 0 Å². The normalized spacial score (nSPS) is 15.9. The summed E-state index contributed by atoms with van der Waals surface area (Å²) in [5.41, 5.74) is 7.63. The first kappa shape index (κ1) is 17.7. The summed E-state index contributed by atoms with van der Waals surface area (Å²) < 4.78 is 26.9. The molecule has 1 aliphatic rings. The van der Waals surface area contributed by atoms with Gasteiger partial charge in [-0.3, -0.25) is 0 Å². The van der Waals surface area contributed by atoms with Gasteiger partial charge in [0.1, 0.15) is 0 Å². The molecule has 0 saturated heterocycles. The number of nitrogens with one attached hydrogen (secondary N) is 1. The Bertz CT molecular complexity index is 666. The highest BCUT2D eigenvalue weighted by Crippen LogP contribution is 2.25. The van der Waals surface area contributed by atoms with E-state index in [1.165, 1.54) is 0 Å². The Morgan fingerprint density at radius 3 is 2.52 bits per heavy atom. The molecule has 0 unspecified atom stereocenters. The van der Waals surface area contributed by atoms with Crippen molar-refractivity contribution in [2.45, 2.75) is 51.1 Å². The Kier molecular flexibility index (Phi) is 5.64. The van der Waals surface area contributed by atoms with Crippen molar-refractivity contribution in [3.05, 3.63) is 35.4 Å². The number of hydrogen-bond donors (Lipinski definition) is 2. The van der Waals surface area contributed by atoms with E-state index in [-0.39, 0.29) is 11.8 Å². The van der Waals surface area contributed by atoms with Crippen molar-refractivity contribution in [2.75, 3.05) is 7.05 Å². The molecule has 0 bridgehead atoms. The van der Waals surface area contributed by atoms with E-state index < -0.39 is 10.0 Å². The van der Waals surface area contributed by atoms with Crippen molar-refractivity contribution in [3.8, 4) is 0 Å². The van der Waals surface area contributed by atoms with E-state index in [0.29, 0.717) is 18.5 Å². The molecule has 0 spiro atoms. The zero-order chi connectivity index (χ0) is 17.0. The van der Waals surface area contributed by atoms with E-state index in [0.717, 1.165) is 24.0 Å². The monoisotopic (exact) mass is 338 g/mol. The van der Waals surface area contributed by atoms with Crippen LogP contribution in [0.15, 0.2) is 29.3 Å². The molecule has 7 heteroatoms. The highest BCUT2D eigenvalue weighted by Gasteiger charge is 2.27. The van der Waals surface area contributed by atoms with Gasteiger partial charge in [-0.15, -0.1) is 0 Å². The summed E-state index contributed by atoms with van der Waals surface area (Å²) in [6.45, 7) is 4.00. The topological polar surface area (TPSA) is 87.8 Å². The molecule has 6 nitrogen and oxygen atoms in total. The van der Waals surface area contributed by atoms with Gasteiger partial charge >= 0.3 is 0 Å². The van der Waals surface area contributed by atoms with Gasteiger partial charge < -0.3 is 10.6 Å². The van der Waals surface area contributed by atoms with Crippen LogP contribution in [-0.4, -0.2) is 38.4 Å². The Balaban J connectivity index is 2.09. The zero-order valence-corrected chi connectivity index (χ0v) is 14.8. The van der Waals surface area contributed by atoms with Crippen molar-refractivity contribution >= 4 is 16.0 Å². The van der Waals surface area contributed by atoms with E-state index in [2.05, 4.69) is 9.71 Å². The summed E-state index contributed by atoms with van der Waals surface area (Å²) in [4.78, 5) is 6.40. The number of nitrogens with zero attached hydrogens (tertiary/aromatic N) is 2. The number of benzene rings is 1. The van der Waals surface area contributed by atoms with E-state index in [9.17, 15) is 8.42 Å². The van der Waals surface area contributed by atoms with Crippen molar-refractivity contribution in [2.24, 2.45) is 10.7 Å². The Morgan fingerprint density at radius 1 is 1.35 bits per heavy atom. The first-order valence-corrected chi connectivity index (χ1v) is 9.53. The lowest BCUT2D eigenvalue weighted by Gasteiger charge is -2.17. The lowest BCUT2D eigenvalue weighted by molar-refractivity contribution is 0.487. The molecule has 0 aromatic heterocycles. The molecule has 0 atom stereocenters. The second-order valence-corrected chi connectivity index (χ2v) is 8.07. The second-order valence-electron chi connectivity index (χ2n) is 6.32. The molecule has 3 N–H and O–H groups in total.